The molecule has 0 N–H and O–H groups in total. The standard InChI is InChI=1S/C22H21BN4O/c23-27-13-4-7-19(27)22-25-21(20-15-24-12-14-26(20)22)16-8-10-18(11-9-16)28-17-5-2-1-3-6-17/h1-3,5-6,8-12,14-15,19H,4,7,13,23H2/t19-/m0/s1. The van der Waals surface area contributed by atoms with E-state index in [0.717, 1.165) is 47.1 Å². The van der Waals surface area contributed by atoms with Gasteiger partial charge in [0.05, 0.1) is 23.4 Å². The van der Waals surface area contributed by atoms with Crippen molar-refractivity contribution in [3.05, 3.63) is 79.0 Å². The summed E-state index contributed by atoms with van der Waals surface area (Å²) in [6.07, 6.45) is 8.09. The lowest BCUT2D eigenvalue weighted by molar-refractivity contribution is 0.415. The van der Waals surface area contributed by atoms with E-state index in [1.54, 1.807) is 0 Å². The summed E-state index contributed by atoms with van der Waals surface area (Å²) in [4.78, 5) is 11.8. The molecule has 1 atom stereocenters. The maximum atomic E-state index is 5.91. The van der Waals surface area contributed by atoms with Crippen LogP contribution in [-0.4, -0.2) is 33.7 Å². The van der Waals surface area contributed by atoms with Crippen molar-refractivity contribution in [2.45, 2.75) is 18.9 Å². The second-order valence-corrected chi connectivity index (χ2v) is 7.23. The molecular weight excluding hydrogens is 347 g/mol. The van der Waals surface area contributed by atoms with E-state index >= 15 is 0 Å². The largest absolute Gasteiger partial charge is 0.457 e. The first-order chi connectivity index (χ1) is 13.8. The number of para-hydroxylation sites is 1. The number of rotatable bonds is 4. The summed E-state index contributed by atoms with van der Waals surface area (Å²) in [6, 6.07) is 18.3. The van der Waals surface area contributed by atoms with Crippen LogP contribution in [0.2, 0.25) is 0 Å². The predicted octanol–water partition coefficient (Wildman–Crippen LogP) is 3.87. The zero-order chi connectivity index (χ0) is 18.9. The van der Waals surface area contributed by atoms with Crippen LogP contribution in [0.25, 0.3) is 16.8 Å². The summed E-state index contributed by atoms with van der Waals surface area (Å²) >= 11 is 0. The molecule has 1 saturated heterocycles. The van der Waals surface area contributed by atoms with Gasteiger partial charge in [0.1, 0.15) is 17.3 Å². The lowest BCUT2D eigenvalue weighted by atomic mass is 10.1. The molecule has 5 rings (SSSR count). The molecule has 138 valence electrons. The van der Waals surface area contributed by atoms with E-state index in [9.17, 15) is 0 Å². The number of hydrogen-bond acceptors (Lipinski definition) is 4. The molecule has 5 nitrogen and oxygen atoms in total. The predicted molar refractivity (Wildman–Crippen MR) is 112 cm³/mol. The van der Waals surface area contributed by atoms with E-state index in [4.69, 9.17) is 9.72 Å². The number of imidazole rings is 1. The number of aromatic nitrogens is 3. The summed E-state index contributed by atoms with van der Waals surface area (Å²) in [6.45, 7) is 1.12. The van der Waals surface area contributed by atoms with E-state index in [0.29, 0.717) is 6.04 Å². The first-order valence-corrected chi connectivity index (χ1v) is 9.65. The van der Waals surface area contributed by atoms with Crippen molar-refractivity contribution in [3.63, 3.8) is 0 Å². The molecule has 0 radical (unpaired) electrons. The first-order valence-electron chi connectivity index (χ1n) is 9.65. The van der Waals surface area contributed by atoms with Crippen molar-refractivity contribution in [1.29, 1.82) is 0 Å². The van der Waals surface area contributed by atoms with Crippen LogP contribution in [0.3, 0.4) is 0 Å². The second-order valence-electron chi connectivity index (χ2n) is 7.23. The molecule has 6 heteroatoms. The topological polar surface area (TPSA) is 42.7 Å². The summed E-state index contributed by atoms with van der Waals surface area (Å²) in [5, 5.41) is 0. The first kappa shape index (κ1) is 17.0. The van der Waals surface area contributed by atoms with Crippen molar-refractivity contribution in [2.75, 3.05) is 6.54 Å². The molecule has 2 aromatic carbocycles. The molecule has 1 fully saturated rings. The molecule has 2 aromatic heterocycles. The highest BCUT2D eigenvalue weighted by atomic mass is 16.5. The normalized spacial score (nSPS) is 17.2. The fraction of sp³-hybridized carbons (Fsp3) is 0.182. The Morgan fingerprint density at radius 2 is 1.79 bits per heavy atom. The number of ether oxygens (including phenoxy) is 1. The zero-order valence-corrected chi connectivity index (χ0v) is 15.8. The number of hydrogen-bond donors (Lipinski definition) is 0. The van der Waals surface area contributed by atoms with Gasteiger partial charge >= 0.3 is 0 Å². The average Bonchev–Trinajstić information content (AvgIpc) is 3.33. The van der Waals surface area contributed by atoms with Crippen molar-refractivity contribution < 1.29 is 4.74 Å². The minimum Gasteiger partial charge on any atom is -0.457 e. The number of fused-ring (bicyclic) bond motifs is 1. The van der Waals surface area contributed by atoms with Gasteiger partial charge in [-0.25, -0.2) is 4.98 Å². The van der Waals surface area contributed by atoms with E-state index in [1.807, 2.05) is 61.1 Å². The average molecular weight is 368 g/mol. The molecule has 0 amide bonds. The van der Waals surface area contributed by atoms with Gasteiger partial charge in [0.15, 0.2) is 7.98 Å². The zero-order valence-electron chi connectivity index (χ0n) is 15.8. The van der Waals surface area contributed by atoms with Crippen LogP contribution >= 0.6 is 0 Å². The van der Waals surface area contributed by atoms with Gasteiger partial charge in [-0.1, -0.05) is 18.2 Å². The smallest absolute Gasteiger partial charge is 0.186 e. The van der Waals surface area contributed by atoms with Gasteiger partial charge in [-0.05, 0) is 55.8 Å². The van der Waals surface area contributed by atoms with Crippen LogP contribution in [0.5, 0.6) is 11.5 Å². The lowest BCUT2D eigenvalue weighted by Gasteiger charge is -2.18. The molecule has 0 spiro atoms. The van der Waals surface area contributed by atoms with E-state index < -0.39 is 0 Å². The fourth-order valence-corrected chi connectivity index (χ4v) is 3.95. The molecule has 0 unspecified atom stereocenters. The summed E-state index contributed by atoms with van der Waals surface area (Å²) in [5.41, 5.74) is 3.07. The third kappa shape index (κ3) is 3.06. The maximum absolute atomic E-state index is 5.91. The molecule has 0 saturated carbocycles. The Balaban J connectivity index is 1.51. The summed E-state index contributed by atoms with van der Waals surface area (Å²) < 4.78 is 8.10. The Morgan fingerprint density at radius 1 is 1.00 bits per heavy atom. The Bertz CT molecular complexity index is 1090. The maximum Gasteiger partial charge on any atom is 0.186 e. The van der Waals surface area contributed by atoms with Crippen molar-refractivity contribution in [1.82, 2.24) is 19.2 Å². The molecular formula is C22H21BN4O. The molecule has 4 aromatic rings. The quantitative estimate of drug-likeness (QED) is 0.513. The van der Waals surface area contributed by atoms with Crippen molar-refractivity contribution in [2.24, 2.45) is 0 Å². The monoisotopic (exact) mass is 368 g/mol. The van der Waals surface area contributed by atoms with Crippen LogP contribution in [0.4, 0.5) is 0 Å². The Morgan fingerprint density at radius 3 is 2.54 bits per heavy atom. The Hall–Kier alpha value is -3.12. The van der Waals surface area contributed by atoms with Crippen molar-refractivity contribution >= 4 is 13.5 Å². The van der Waals surface area contributed by atoms with Gasteiger partial charge < -0.3 is 9.55 Å². The lowest BCUT2D eigenvalue weighted by Crippen LogP contribution is -2.21. The van der Waals surface area contributed by atoms with E-state index in [-0.39, 0.29) is 0 Å². The Labute approximate surface area is 165 Å². The van der Waals surface area contributed by atoms with Crippen LogP contribution in [0.1, 0.15) is 24.7 Å². The minimum atomic E-state index is 0.351. The van der Waals surface area contributed by atoms with E-state index in [2.05, 4.69) is 34.3 Å². The SMILES string of the molecule is BN1CCC[C@H]1c1nc(-c2ccc(Oc3ccccc3)cc2)c2cnccn12. The highest BCUT2D eigenvalue weighted by molar-refractivity contribution is 6.04. The Kier molecular flexibility index (Phi) is 4.33. The molecule has 1 aliphatic rings. The fourth-order valence-electron chi connectivity index (χ4n) is 3.95. The third-order valence-corrected chi connectivity index (χ3v) is 5.40. The van der Waals surface area contributed by atoms with Crippen molar-refractivity contribution in [3.8, 4) is 22.8 Å². The van der Waals surface area contributed by atoms with Gasteiger partial charge in [-0.2, -0.15) is 0 Å². The minimum absolute atomic E-state index is 0.351. The summed E-state index contributed by atoms with van der Waals surface area (Å²) in [7, 11) is 2.18. The molecule has 0 aliphatic carbocycles. The van der Waals surface area contributed by atoms with Crippen LogP contribution < -0.4 is 4.74 Å². The molecule has 1 aliphatic heterocycles. The van der Waals surface area contributed by atoms with Crippen LogP contribution in [0.15, 0.2) is 73.2 Å². The van der Waals surface area contributed by atoms with Crippen LogP contribution in [0, 0.1) is 0 Å². The third-order valence-electron chi connectivity index (χ3n) is 5.40. The van der Waals surface area contributed by atoms with Crippen LogP contribution in [-0.2, 0) is 0 Å². The van der Waals surface area contributed by atoms with Gasteiger partial charge in [0.2, 0.25) is 0 Å². The second kappa shape index (κ2) is 7.13. The number of nitrogens with zero attached hydrogens (tertiary/aromatic N) is 4. The highest BCUT2D eigenvalue weighted by Gasteiger charge is 2.27. The van der Waals surface area contributed by atoms with Gasteiger partial charge in [-0.15, -0.1) is 0 Å². The summed E-state index contributed by atoms with van der Waals surface area (Å²) in [5.74, 6) is 2.74. The highest BCUT2D eigenvalue weighted by Crippen LogP contribution is 2.34. The van der Waals surface area contributed by atoms with Gasteiger partial charge in [0, 0.05) is 18.0 Å². The van der Waals surface area contributed by atoms with Gasteiger partial charge in [0.25, 0.3) is 0 Å². The molecule has 28 heavy (non-hydrogen) atoms. The molecule has 0 bridgehead atoms. The van der Waals surface area contributed by atoms with E-state index in [1.165, 1.54) is 6.42 Å². The number of benzene rings is 2. The molecule has 3 heterocycles. The van der Waals surface area contributed by atoms with Gasteiger partial charge in [-0.3, -0.25) is 9.38 Å².